The van der Waals surface area contributed by atoms with E-state index < -0.39 is 54.5 Å². The van der Waals surface area contributed by atoms with Crippen LogP contribution >= 0.6 is 12.6 Å². The Bertz CT molecular complexity index is 579. The lowest BCUT2D eigenvalue weighted by atomic mass is 9.98. The van der Waals surface area contributed by atoms with Crippen molar-refractivity contribution in [2.45, 2.75) is 63.7 Å². The Morgan fingerprint density at radius 1 is 0.967 bits per heavy atom. The van der Waals surface area contributed by atoms with Gasteiger partial charge >= 0.3 is 5.97 Å². The number of carboxylic acid groups (broad SMARTS) is 1. The van der Waals surface area contributed by atoms with Gasteiger partial charge in [0.1, 0.15) is 18.1 Å². The Morgan fingerprint density at radius 3 is 1.97 bits per heavy atom. The van der Waals surface area contributed by atoms with Gasteiger partial charge < -0.3 is 37.6 Å². The molecule has 5 unspecified atom stereocenters. The van der Waals surface area contributed by atoms with Gasteiger partial charge in [0.15, 0.2) is 0 Å². The normalized spacial score (nSPS) is 15.9. The lowest BCUT2D eigenvalue weighted by Gasteiger charge is -2.25. The molecule has 3 amide bonds. The van der Waals surface area contributed by atoms with Gasteiger partial charge in [-0.15, -0.1) is 0 Å². The van der Waals surface area contributed by atoms with Crippen LogP contribution in [-0.4, -0.2) is 77.0 Å². The fourth-order valence-electron chi connectivity index (χ4n) is 2.47. The number of aliphatic hydroxyl groups excluding tert-OH is 1. The zero-order valence-electron chi connectivity index (χ0n) is 17.5. The number of nitrogens with two attached hydrogens (primary N) is 2. The number of unbranched alkanes of at least 4 members (excludes halogenated alkanes) is 1. The highest BCUT2D eigenvalue weighted by Gasteiger charge is 2.30. The molecule has 5 atom stereocenters. The van der Waals surface area contributed by atoms with Crippen molar-refractivity contribution in [1.82, 2.24) is 16.0 Å². The van der Waals surface area contributed by atoms with Gasteiger partial charge in [-0.3, -0.25) is 14.4 Å². The molecular formula is C18H35N5O6S. The highest BCUT2D eigenvalue weighted by Crippen LogP contribution is 2.08. The summed E-state index contributed by atoms with van der Waals surface area (Å²) in [5.74, 6) is -3.63. The molecule has 30 heavy (non-hydrogen) atoms. The van der Waals surface area contributed by atoms with Crippen LogP contribution in [0.4, 0.5) is 0 Å². The summed E-state index contributed by atoms with van der Waals surface area (Å²) in [5.41, 5.74) is 11.4. The first-order valence-electron chi connectivity index (χ1n) is 9.94. The number of hydrogen-bond donors (Lipinski definition) is 8. The molecule has 11 nitrogen and oxygen atoms in total. The summed E-state index contributed by atoms with van der Waals surface area (Å²) in [7, 11) is 0. The van der Waals surface area contributed by atoms with Crippen molar-refractivity contribution in [2.24, 2.45) is 17.4 Å². The Labute approximate surface area is 182 Å². The molecule has 0 rings (SSSR count). The van der Waals surface area contributed by atoms with Crippen LogP contribution in [0.3, 0.4) is 0 Å². The number of nitrogens with one attached hydrogen (secondary N) is 3. The molecule has 0 saturated carbocycles. The lowest BCUT2D eigenvalue weighted by Crippen LogP contribution is -2.58. The summed E-state index contributed by atoms with van der Waals surface area (Å²) in [6.07, 6.45) is 2.12. The molecule has 0 spiro atoms. The second kappa shape index (κ2) is 15.0. The van der Waals surface area contributed by atoms with Crippen LogP contribution < -0.4 is 27.4 Å². The largest absolute Gasteiger partial charge is 0.480 e. The third-order valence-corrected chi connectivity index (χ3v) is 5.12. The number of carbonyl (C=O) groups excluding carboxylic acids is 3. The maximum atomic E-state index is 12.7. The number of amides is 3. The van der Waals surface area contributed by atoms with E-state index in [1.165, 1.54) is 0 Å². The van der Waals surface area contributed by atoms with E-state index in [0.717, 1.165) is 0 Å². The zero-order valence-corrected chi connectivity index (χ0v) is 18.4. The predicted octanol–water partition coefficient (Wildman–Crippen LogP) is -2.05. The highest BCUT2D eigenvalue weighted by atomic mass is 32.1. The Balaban J connectivity index is 5.20. The van der Waals surface area contributed by atoms with Crippen LogP contribution in [0.5, 0.6) is 0 Å². The fraction of sp³-hybridized carbons (Fsp3) is 0.778. The third kappa shape index (κ3) is 9.74. The van der Waals surface area contributed by atoms with E-state index in [9.17, 15) is 24.3 Å². The molecule has 0 saturated heterocycles. The van der Waals surface area contributed by atoms with E-state index in [4.69, 9.17) is 16.6 Å². The van der Waals surface area contributed by atoms with Crippen molar-refractivity contribution in [1.29, 1.82) is 0 Å². The Morgan fingerprint density at radius 2 is 1.50 bits per heavy atom. The monoisotopic (exact) mass is 449 g/mol. The van der Waals surface area contributed by atoms with Crippen molar-refractivity contribution in [2.75, 3.05) is 18.9 Å². The number of aliphatic hydroxyl groups is 1. The number of carboxylic acids is 1. The average Bonchev–Trinajstić information content (AvgIpc) is 2.73. The predicted molar refractivity (Wildman–Crippen MR) is 115 cm³/mol. The summed E-state index contributed by atoms with van der Waals surface area (Å²) in [6, 6.07) is -4.46. The molecule has 0 aromatic heterocycles. The van der Waals surface area contributed by atoms with Crippen molar-refractivity contribution < 1.29 is 29.4 Å². The summed E-state index contributed by atoms with van der Waals surface area (Å²) in [4.78, 5) is 48.3. The zero-order chi connectivity index (χ0) is 23.3. The number of thiol groups is 1. The molecule has 0 radical (unpaired) electrons. The van der Waals surface area contributed by atoms with E-state index in [1.807, 2.05) is 13.8 Å². The lowest BCUT2D eigenvalue weighted by molar-refractivity contribution is -0.142. The molecule has 0 fully saturated rings. The quantitative estimate of drug-likeness (QED) is 0.103. The van der Waals surface area contributed by atoms with Crippen molar-refractivity contribution in [3.05, 3.63) is 0 Å². The van der Waals surface area contributed by atoms with E-state index >= 15 is 0 Å². The van der Waals surface area contributed by atoms with Gasteiger partial charge in [0.2, 0.25) is 17.7 Å². The Kier molecular flexibility index (Phi) is 14.0. The highest BCUT2D eigenvalue weighted by molar-refractivity contribution is 7.80. The second-order valence-corrected chi connectivity index (χ2v) is 7.45. The molecule has 0 aromatic carbocycles. The summed E-state index contributed by atoms with van der Waals surface area (Å²) < 4.78 is 0. The van der Waals surface area contributed by atoms with Crippen molar-refractivity contribution >= 4 is 36.3 Å². The van der Waals surface area contributed by atoms with Gasteiger partial charge in [-0.25, -0.2) is 4.79 Å². The van der Waals surface area contributed by atoms with Crippen LogP contribution in [0.25, 0.3) is 0 Å². The maximum Gasteiger partial charge on any atom is 0.327 e. The summed E-state index contributed by atoms with van der Waals surface area (Å²) in [5, 5.41) is 25.6. The van der Waals surface area contributed by atoms with E-state index in [1.54, 1.807) is 0 Å². The van der Waals surface area contributed by atoms with Gasteiger partial charge in [0.05, 0.1) is 12.6 Å². The summed E-state index contributed by atoms with van der Waals surface area (Å²) >= 11 is 3.84. The molecule has 0 aliphatic heterocycles. The number of hydrogen-bond acceptors (Lipinski definition) is 8. The SMILES string of the molecule is CCC(C)C(N)C(=O)NC(CCCCN)C(=O)NC(CO)C(=O)NC(CS)C(=O)O. The molecule has 0 heterocycles. The first kappa shape index (κ1) is 28.1. The van der Waals surface area contributed by atoms with E-state index in [-0.39, 0.29) is 18.1 Å². The first-order chi connectivity index (χ1) is 14.1. The van der Waals surface area contributed by atoms with Crippen LogP contribution in [-0.2, 0) is 19.2 Å². The van der Waals surface area contributed by atoms with E-state index in [2.05, 4.69) is 28.6 Å². The minimum atomic E-state index is -1.39. The minimum absolute atomic E-state index is 0.0945. The second-order valence-electron chi connectivity index (χ2n) is 7.08. The van der Waals surface area contributed by atoms with Crippen LogP contribution in [0.2, 0.25) is 0 Å². The standard InChI is InChI=1S/C18H35N5O6S/c1-3-10(2)14(20)17(27)21-11(6-4-5-7-19)15(25)22-12(8-24)16(26)23-13(9-30)18(28)29/h10-14,24,30H,3-9,19-20H2,1-2H3,(H,21,27)(H,22,25)(H,23,26)(H,28,29). The first-order valence-corrected chi connectivity index (χ1v) is 10.6. The van der Waals surface area contributed by atoms with Crippen LogP contribution in [0.1, 0.15) is 39.5 Å². The van der Waals surface area contributed by atoms with Gasteiger partial charge in [-0.1, -0.05) is 20.3 Å². The molecule has 0 aliphatic rings. The summed E-state index contributed by atoms with van der Waals surface area (Å²) in [6.45, 7) is 3.37. The van der Waals surface area contributed by atoms with Crippen molar-refractivity contribution in [3.63, 3.8) is 0 Å². The third-order valence-electron chi connectivity index (χ3n) is 4.75. The van der Waals surface area contributed by atoms with Gasteiger partial charge in [-0.2, -0.15) is 12.6 Å². The minimum Gasteiger partial charge on any atom is -0.480 e. The Hall–Kier alpha value is -1.89. The van der Waals surface area contributed by atoms with Crippen LogP contribution in [0.15, 0.2) is 0 Å². The van der Waals surface area contributed by atoms with E-state index in [0.29, 0.717) is 25.8 Å². The van der Waals surface area contributed by atoms with Gasteiger partial charge in [0, 0.05) is 5.75 Å². The van der Waals surface area contributed by atoms with Crippen LogP contribution in [0, 0.1) is 5.92 Å². The topological polar surface area (TPSA) is 197 Å². The number of aliphatic carboxylic acids is 1. The fourth-order valence-corrected chi connectivity index (χ4v) is 2.71. The van der Waals surface area contributed by atoms with Gasteiger partial charge in [0.25, 0.3) is 0 Å². The average molecular weight is 450 g/mol. The number of rotatable bonds is 15. The molecule has 12 heteroatoms. The van der Waals surface area contributed by atoms with Crippen molar-refractivity contribution in [3.8, 4) is 0 Å². The molecule has 0 aliphatic carbocycles. The molecule has 0 aromatic rings. The number of carbonyl (C=O) groups is 4. The molecule has 9 N–H and O–H groups in total. The molecule has 174 valence electrons. The maximum absolute atomic E-state index is 12.7. The molecular weight excluding hydrogens is 414 g/mol. The van der Waals surface area contributed by atoms with Gasteiger partial charge in [-0.05, 0) is 31.7 Å². The molecule has 0 bridgehead atoms. The smallest absolute Gasteiger partial charge is 0.327 e.